The summed E-state index contributed by atoms with van der Waals surface area (Å²) in [5.74, 6) is 1.93. The van der Waals surface area contributed by atoms with E-state index in [-0.39, 0.29) is 0 Å². The van der Waals surface area contributed by atoms with Crippen molar-refractivity contribution in [3.05, 3.63) is 211 Å². The Morgan fingerprint density at radius 1 is 0.321 bits per heavy atom. The highest BCUT2D eigenvalue weighted by atomic mass is 15.0. The molecule has 0 bridgehead atoms. The fourth-order valence-electron chi connectivity index (χ4n) is 8.10. The first-order chi connectivity index (χ1) is 27.7. The zero-order chi connectivity index (χ0) is 37.4. The Morgan fingerprint density at radius 2 is 0.786 bits per heavy atom. The molecule has 0 fully saturated rings. The summed E-state index contributed by atoms with van der Waals surface area (Å²) in [6, 6.07) is 68.9. The maximum Gasteiger partial charge on any atom is 0.164 e. The number of hydrogen-bond donors (Lipinski definition) is 0. The average molecular weight is 716 g/mol. The Bertz CT molecular complexity index is 3020. The number of fused-ring (bicyclic) bond motifs is 6. The van der Waals surface area contributed by atoms with Crippen LogP contribution in [0.2, 0.25) is 0 Å². The van der Waals surface area contributed by atoms with Crippen molar-refractivity contribution < 1.29 is 0 Å². The Kier molecular flexibility index (Phi) is 8.46. The van der Waals surface area contributed by atoms with E-state index < -0.39 is 0 Å². The average Bonchev–Trinajstić information content (AvgIpc) is 3.27. The topological polar surface area (TPSA) is 38.7 Å². The molecule has 0 N–H and O–H groups in total. The van der Waals surface area contributed by atoms with Gasteiger partial charge < -0.3 is 0 Å². The largest absolute Gasteiger partial charge is 0.208 e. The normalized spacial score (nSPS) is 11.4. The van der Waals surface area contributed by atoms with Crippen LogP contribution in [0.5, 0.6) is 0 Å². The molecule has 0 aliphatic heterocycles. The number of aromatic nitrogens is 3. The molecular formula is C53H37N3. The molecule has 0 amide bonds. The quantitative estimate of drug-likeness (QED) is 0.154. The minimum Gasteiger partial charge on any atom is -0.208 e. The number of rotatable bonds is 7. The van der Waals surface area contributed by atoms with E-state index in [0.29, 0.717) is 17.5 Å². The molecule has 10 rings (SSSR count). The SMILES string of the molecule is Cc1ccccc1-c1ccccc1Cc1cccc(-c2nc(-c3ccc(-c4ccccc4)cc3)nc(-c3ccc4c5ccccc5c5ccccc5c4c3)n2)c1. The van der Waals surface area contributed by atoms with Crippen molar-refractivity contribution in [1.29, 1.82) is 0 Å². The summed E-state index contributed by atoms with van der Waals surface area (Å²) in [5, 5.41) is 7.35. The Labute approximate surface area is 326 Å². The summed E-state index contributed by atoms with van der Waals surface area (Å²) < 4.78 is 0. The van der Waals surface area contributed by atoms with Crippen molar-refractivity contribution in [2.75, 3.05) is 0 Å². The second-order valence-electron chi connectivity index (χ2n) is 14.5. The third-order valence-electron chi connectivity index (χ3n) is 10.9. The minimum atomic E-state index is 0.642. The molecule has 0 saturated heterocycles. The number of hydrogen-bond acceptors (Lipinski definition) is 3. The zero-order valence-electron chi connectivity index (χ0n) is 31.0. The Hall–Kier alpha value is -7.23. The highest BCUT2D eigenvalue weighted by Gasteiger charge is 2.16. The van der Waals surface area contributed by atoms with Gasteiger partial charge in [-0.15, -0.1) is 0 Å². The molecule has 1 aromatic heterocycles. The van der Waals surface area contributed by atoms with E-state index in [4.69, 9.17) is 15.0 Å². The van der Waals surface area contributed by atoms with Crippen molar-refractivity contribution in [3.8, 4) is 56.4 Å². The lowest BCUT2D eigenvalue weighted by Crippen LogP contribution is -2.01. The van der Waals surface area contributed by atoms with Crippen LogP contribution in [0.15, 0.2) is 194 Å². The monoisotopic (exact) mass is 715 g/mol. The first-order valence-corrected chi connectivity index (χ1v) is 19.1. The molecule has 0 atom stereocenters. The van der Waals surface area contributed by atoms with Crippen molar-refractivity contribution in [1.82, 2.24) is 15.0 Å². The van der Waals surface area contributed by atoms with E-state index in [1.807, 2.05) is 6.07 Å². The van der Waals surface area contributed by atoms with Crippen LogP contribution in [0.4, 0.5) is 0 Å². The summed E-state index contributed by atoms with van der Waals surface area (Å²) >= 11 is 0. The van der Waals surface area contributed by atoms with Gasteiger partial charge in [0.05, 0.1) is 0 Å². The predicted octanol–water partition coefficient (Wildman–Crippen LogP) is 13.6. The van der Waals surface area contributed by atoms with Gasteiger partial charge in [-0.25, -0.2) is 15.0 Å². The molecule has 0 saturated carbocycles. The van der Waals surface area contributed by atoms with Gasteiger partial charge in [-0.1, -0.05) is 182 Å². The van der Waals surface area contributed by atoms with Gasteiger partial charge in [0, 0.05) is 16.7 Å². The first-order valence-electron chi connectivity index (χ1n) is 19.1. The number of benzene rings is 9. The molecule has 1 heterocycles. The van der Waals surface area contributed by atoms with Gasteiger partial charge in [0.2, 0.25) is 0 Å². The van der Waals surface area contributed by atoms with Crippen molar-refractivity contribution in [2.45, 2.75) is 13.3 Å². The third-order valence-corrected chi connectivity index (χ3v) is 10.9. The van der Waals surface area contributed by atoms with Crippen LogP contribution in [0.25, 0.3) is 88.7 Å². The lowest BCUT2D eigenvalue weighted by Gasteiger charge is -2.14. The second-order valence-corrected chi connectivity index (χ2v) is 14.5. The van der Waals surface area contributed by atoms with Gasteiger partial charge in [-0.05, 0) is 96.7 Å². The van der Waals surface area contributed by atoms with E-state index in [9.17, 15) is 0 Å². The van der Waals surface area contributed by atoms with Crippen molar-refractivity contribution in [2.24, 2.45) is 0 Å². The van der Waals surface area contributed by atoms with E-state index in [1.54, 1.807) is 0 Å². The van der Waals surface area contributed by atoms with E-state index in [2.05, 4.69) is 195 Å². The van der Waals surface area contributed by atoms with Gasteiger partial charge in [-0.2, -0.15) is 0 Å². The van der Waals surface area contributed by atoms with E-state index in [0.717, 1.165) is 28.7 Å². The van der Waals surface area contributed by atoms with Crippen LogP contribution in [-0.2, 0) is 6.42 Å². The molecule has 3 heteroatoms. The van der Waals surface area contributed by atoms with E-state index in [1.165, 1.54) is 65.7 Å². The maximum absolute atomic E-state index is 5.22. The molecule has 10 aromatic rings. The molecule has 0 aliphatic carbocycles. The van der Waals surface area contributed by atoms with Gasteiger partial charge in [0.1, 0.15) is 0 Å². The van der Waals surface area contributed by atoms with Crippen molar-refractivity contribution in [3.63, 3.8) is 0 Å². The number of nitrogens with zero attached hydrogens (tertiary/aromatic N) is 3. The molecule has 0 radical (unpaired) electrons. The molecule has 0 unspecified atom stereocenters. The fraction of sp³-hybridized carbons (Fsp3) is 0.0377. The molecule has 56 heavy (non-hydrogen) atoms. The third kappa shape index (κ3) is 6.19. The molecule has 0 aliphatic rings. The van der Waals surface area contributed by atoms with Crippen LogP contribution >= 0.6 is 0 Å². The lowest BCUT2D eigenvalue weighted by molar-refractivity contribution is 1.07. The molecule has 264 valence electrons. The van der Waals surface area contributed by atoms with Crippen LogP contribution in [0.3, 0.4) is 0 Å². The summed E-state index contributed by atoms with van der Waals surface area (Å²) in [5.41, 5.74) is 11.4. The maximum atomic E-state index is 5.22. The smallest absolute Gasteiger partial charge is 0.164 e. The Morgan fingerprint density at radius 3 is 1.46 bits per heavy atom. The molecule has 9 aromatic carbocycles. The van der Waals surface area contributed by atoms with Gasteiger partial charge >= 0.3 is 0 Å². The first kappa shape index (κ1) is 33.3. The van der Waals surface area contributed by atoms with Crippen LogP contribution in [0.1, 0.15) is 16.7 Å². The van der Waals surface area contributed by atoms with Crippen molar-refractivity contribution >= 4 is 32.3 Å². The summed E-state index contributed by atoms with van der Waals surface area (Å²) in [7, 11) is 0. The van der Waals surface area contributed by atoms with E-state index >= 15 is 0 Å². The molecular weight excluding hydrogens is 679 g/mol. The fourth-order valence-corrected chi connectivity index (χ4v) is 8.10. The lowest BCUT2D eigenvalue weighted by atomic mass is 9.92. The summed E-state index contributed by atoms with van der Waals surface area (Å²) in [6.07, 6.45) is 0.787. The standard InChI is InChI=1S/C53H37N3/c1-35-14-5-7-20-43(35)44-21-8-6-18-40(44)32-36-15-13-19-41(33-36)52-54-51(39-28-26-38(27-29-39)37-16-3-2-4-17-37)55-53(56-52)42-30-31-49-47-24-10-9-22-45(47)46-23-11-12-25-48(46)50(49)34-42/h2-31,33-34H,32H2,1H3. The Balaban J connectivity index is 1.11. The van der Waals surface area contributed by atoms with Gasteiger partial charge in [0.25, 0.3) is 0 Å². The van der Waals surface area contributed by atoms with Crippen LogP contribution in [-0.4, -0.2) is 15.0 Å². The predicted molar refractivity (Wildman–Crippen MR) is 234 cm³/mol. The summed E-state index contributed by atoms with van der Waals surface area (Å²) in [6.45, 7) is 2.18. The highest BCUT2D eigenvalue weighted by molar-refractivity contribution is 6.25. The molecule has 3 nitrogen and oxygen atoms in total. The number of aryl methyl sites for hydroxylation is 1. The van der Waals surface area contributed by atoms with Gasteiger partial charge in [0.15, 0.2) is 17.5 Å². The molecule has 0 spiro atoms. The minimum absolute atomic E-state index is 0.642. The van der Waals surface area contributed by atoms with Crippen LogP contribution in [0, 0.1) is 6.92 Å². The highest BCUT2D eigenvalue weighted by Crippen LogP contribution is 2.37. The second kappa shape index (κ2) is 14.2. The summed E-state index contributed by atoms with van der Waals surface area (Å²) in [4.78, 5) is 15.5. The zero-order valence-corrected chi connectivity index (χ0v) is 31.0. The van der Waals surface area contributed by atoms with Crippen LogP contribution < -0.4 is 0 Å². The van der Waals surface area contributed by atoms with Gasteiger partial charge in [-0.3, -0.25) is 0 Å².